The number of alkyl halides is 2. The van der Waals surface area contributed by atoms with Gasteiger partial charge in [-0.3, -0.25) is 4.79 Å². The highest BCUT2D eigenvalue weighted by Gasteiger charge is 2.56. The first-order chi connectivity index (χ1) is 7.85. The standard InChI is InChI=1S/C11H10F2N2O2/c1-14(2)7-3-5-15(6-4-7)8-9(16)11(12,13)10(8)17/h3-6H,1-2H3. The molecule has 0 saturated heterocycles. The van der Waals surface area contributed by atoms with Crippen LogP contribution in [0.15, 0.2) is 30.3 Å². The van der Waals surface area contributed by atoms with Gasteiger partial charge in [0.2, 0.25) is 0 Å². The molecule has 1 aromatic heterocycles. The summed E-state index contributed by atoms with van der Waals surface area (Å²) in [5.74, 6) is -6.70. The maximum atomic E-state index is 12.7. The number of allylic oxidation sites excluding steroid dienone is 2. The number of ketones is 1. The van der Waals surface area contributed by atoms with Crippen LogP contribution in [-0.4, -0.2) is 25.8 Å². The summed E-state index contributed by atoms with van der Waals surface area (Å²) >= 11 is 0. The van der Waals surface area contributed by atoms with Gasteiger partial charge in [-0.15, -0.1) is 0 Å². The minimum absolute atomic E-state index is 0.486. The first kappa shape index (κ1) is 11.5. The topological polar surface area (TPSA) is 47.2 Å². The molecule has 0 atom stereocenters. The number of carbonyl (C=O) groups is 1. The van der Waals surface area contributed by atoms with Gasteiger partial charge in [0.1, 0.15) is 0 Å². The van der Waals surface area contributed by atoms with Crippen LogP contribution >= 0.6 is 0 Å². The maximum Gasteiger partial charge on any atom is 0.334 e. The van der Waals surface area contributed by atoms with E-state index in [1.54, 1.807) is 12.1 Å². The van der Waals surface area contributed by atoms with Crippen molar-refractivity contribution < 1.29 is 23.2 Å². The SMILES string of the molecule is CN(C)c1cc[n+](C2=C([O-])C(F)(F)C2=O)cc1. The van der Waals surface area contributed by atoms with Crippen LogP contribution in [0.1, 0.15) is 0 Å². The van der Waals surface area contributed by atoms with Crippen molar-refractivity contribution in [1.29, 1.82) is 0 Å². The van der Waals surface area contributed by atoms with Crippen molar-refractivity contribution in [3.8, 4) is 0 Å². The Hall–Kier alpha value is -1.98. The first-order valence-electron chi connectivity index (χ1n) is 4.89. The molecule has 0 fully saturated rings. The van der Waals surface area contributed by atoms with Crippen LogP contribution < -0.4 is 14.6 Å². The second-order valence-electron chi connectivity index (χ2n) is 3.94. The van der Waals surface area contributed by atoms with Gasteiger partial charge in [0.25, 0.3) is 11.5 Å². The fourth-order valence-corrected chi connectivity index (χ4v) is 1.54. The van der Waals surface area contributed by atoms with Gasteiger partial charge in [0, 0.05) is 37.7 Å². The summed E-state index contributed by atoms with van der Waals surface area (Å²) in [4.78, 5) is 12.9. The molecule has 1 aliphatic carbocycles. The molecule has 0 N–H and O–H groups in total. The third-order valence-corrected chi connectivity index (χ3v) is 2.59. The number of halogens is 2. The van der Waals surface area contributed by atoms with E-state index in [1.165, 1.54) is 12.4 Å². The van der Waals surface area contributed by atoms with Gasteiger partial charge in [-0.1, -0.05) is 0 Å². The van der Waals surface area contributed by atoms with E-state index < -0.39 is 23.2 Å². The molecule has 0 amide bonds. The fraction of sp³-hybridized carbons (Fsp3) is 0.273. The van der Waals surface area contributed by atoms with Crippen molar-refractivity contribution >= 4 is 17.2 Å². The van der Waals surface area contributed by atoms with E-state index in [4.69, 9.17) is 0 Å². The predicted molar refractivity (Wildman–Crippen MR) is 54.1 cm³/mol. The highest BCUT2D eigenvalue weighted by Crippen LogP contribution is 2.36. The van der Waals surface area contributed by atoms with Crippen LogP contribution in [0.25, 0.3) is 5.70 Å². The largest absolute Gasteiger partial charge is 0.866 e. The van der Waals surface area contributed by atoms with E-state index in [-0.39, 0.29) is 0 Å². The number of hydrogen-bond acceptors (Lipinski definition) is 3. The maximum absolute atomic E-state index is 12.7. The summed E-state index contributed by atoms with van der Waals surface area (Å²) in [5, 5.41) is 11.1. The Labute approximate surface area is 96.4 Å². The molecule has 4 nitrogen and oxygen atoms in total. The molecule has 0 aliphatic heterocycles. The molecule has 1 aliphatic rings. The summed E-state index contributed by atoms with van der Waals surface area (Å²) < 4.78 is 26.6. The van der Waals surface area contributed by atoms with Crippen LogP contribution in [-0.2, 0) is 4.79 Å². The zero-order chi connectivity index (χ0) is 12.8. The lowest BCUT2D eigenvalue weighted by Gasteiger charge is -2.30. The summed E-state index contributed by atoms with van der Waals surface area (Å²) in [6.07, 6.45) is 2.82. The number of hydrogen-bond donors (Lipinski definition) is 0. The number of carbonyl (C=O) groups excluding carboxylic acids is 1. The minimum atomic E-state index is -3.84. The Balaban J connectivity index is 2.38. The summed E-state index contributed by atoms with van der Waals surface area (Å²) in [7, 11) is 3.64. The first-order valence-corrected chi connectivity index (χ1v) is 4.89. The summed E-state index contributed by atoms with van der Waals surface area (Å²) in [5.41, 5.74) is 0.355. The predicted octanol–water partition coefficient (Wildman–Crippen LogP) is -0.213. The average Bonchev–Trinajstić information content (AvgIpc) is 2.30. The monoisotopic (exact) mass is 240 g/mol. The third kappa shape index (κ3) is 1.56. The lowest BCUT2D eigenvalue weighted by molar-refractivity contribution is -0.587. The molecule has 0 spiro atoms. The van der Waals surface area contributed by atoms with E-state index in [2.05, 4.69) is 0 Å². The van der Waals surface area contributed by atoms with Crippen molar-refractivity contribution in [3.63, 3.8) is 0 Å². The zero-order valence-corrected chi connectivity index (χ0v) is 9.28. The molecule has 17 heavy (non-hydrogen) atoms. The molecule has 0 radical (unpaired) electrons. The molecule has 1 aromatic rings. The van der Waals surface area contributed by atoms with Gasteiger partial charge >= 0.3 is 5.92 Å². The highest BCUT2D eigenvalue weighted by atomic mass is 19.3. The van der Waals surface area contributed by atoms with Crippen molar-refractivity contribution in [3.05, 3.63) is 30.3 Å². The Morgan fingerprint density at radius 3 is 2.24 bits per heavy atom. The zero-order valence-electron chi connectivity index (χ0n) is 9.28. The molecular formula is C11H10F2N2O2. The van der Waals surface area contributed by atoms with Crippen LogP contribution in [0, 0.1) is 0 Å². The van der Waals surface area contributed by atoms with Crippen LogP contribution in [0.3, 0.4) is 0 Å². The number of Topliss-reactive ketones (excluding diaryl/α,β-unsaturated/α-hetero) is 1. The summed E-state index contributed by atoms with van der Waals surface area (Å²) in [6.45, 7) is 0. The molecule has 2 rings (SSSR count). The van der Waals surface area contributed by atoms with Crippen molar-refractivity contribution in [1.82, 2.24) is 0 Å². The molecule has 0 saturated carbocycles. The number of pyridine rings is 1. The van der Waals surface area contributed by atoms with Crippen LogP contribution in [0.2, 0.25) is 0 Å². The second-order valence-corrected chi connectivity index (χ2v) is 3.94. The molecule has 90 valence electrons. The van der Waals surface area contributed by atoms with Gasteiger partial charge < -0.3 is 10.0 Å². The lowest BCUT2D eigenvalue weighted by Crippen LogP contribution is -2.57. The van der Waals surface area contributed by atoms with E-state index in [9.17, 15) is 18.7 Å². The fourth-order valence-electron chi connectivity index (χ4n) is 1.54. The second kappa shape index (κ2) is 3.51. The van der Waals surface area contributed by atoms with E-state index in [0.717, 1.165) is 10.3 Å². The van der Waals surface area contributed by atoms with Gasteiger partial charge in [0.15, 0.2) is 12.4 Å². The lowest BCUT2D eigenvalue weighted by atomic mass is 9.96. The number of rotatable bonds is 2. The Kier molecular flexibility index (Phi) is 2.38. The van der Waals surface area contributed by atoms with Crippen molar-refractivity contribution in [2.45, 2.75) is 5.92 Å². The quantitative estimate of drug-likeness (QED) is 0.672. The molecule has 6 heteroatoms. The van der Waals surface area contributed by atoms with Crippen LogP contribution in [0.4, 0.5) is 14.5 Å². The smallest absolute Gasteiger partial charge is 0.334 e. The van der Waals surface area contributed by atoms with Crippen LogP contribution in [0.5, 0.6) is 0 Å². The third-order valence-electron chi connectivity index (χ3n) is 2.59. The number of nitrogens with zero attached hydrogens (tertiary/aromatic N) is 2. The van der Waals surface area contributed by atoms with Gasteiger partial charge in [-0.25, -0.2) is 0 Å². The highest BCUT2D eigenvalue weighted by molar-refractivity contribution is 6.24. The van der Waals surface area contributed by atoms with E-state index in [0.29, 0.717) is 0 Å². The van der Waals surface area contributed by atoms with E-state index >= 15 is 0 Å². The molecular weight excluding hydrogens is 230 g/mol. The van der Waals surface area contributed by atoms with Gasteiger partial charge in [-0.2, -0.15) is 13.3 Å². The number of aromatic nitrogens is 1. The van der Waals surface area contributed by atoms with Crippen molar-refractivity contribution in [2.24, 2.45) is 0 Å². The van der Waals surface area contributed by atoms with Gasteiger partial charge in [-0.05, 0) is 0 Å². The van der Waals surface area contributed by atoms with Gasteiger partial charge in [0.05, 0.1) is 0 Å². The summed E-state index contributed by atoms with van der Waals surface area (Å²) in [6, 6.07) is 3.26. The molecule has 1 heterocycles. The van der Waals surface area contributed by atoms with Crippen molar-refractivity contribution in [2.75, 3.05) is 19.0 Å². The Morgan fingerprint density at radius 2 is 1.82 bits per heavy atom. The number of anilines is 1. The average molecular weight is 240 g/mol. The minimum Gasteiger partial charge on any atom is -0.866 e. The molecule has 0 unspecified atom stereocenters. The Bertz CT molecular complexity index is 507. The molecule has 0 bridgehead atoms. The normalized spacial score (nSPS) is 18.0. The Morgan fingerprint density at radius 1 is 1.29 bits per heavy atom. The van der Waals surface area contributed by atoms with E-state index in [1.807, 2.05) is 19.0 Å². The molecule has 0 aromatic carbocycles.